The number of rotatable bonds is 3. The van der Waals surface area contributed by atoms with Crippen molar-refractivity contribution in [3.05, 3.63) is 48.0 Å². The lowest BCUT2D eigenvalue weighted by Crippen LogP contribution is -2.20. The Balaban J connectivity index is 2.02. The predicted octanol–water partition coefficient (Wildman–Crippen LogP) is 2.11. The fraction of sp³-hybridized carbons (Fsp3) is 0.200. The molecule has 1 aromatic heterocycles. The largest absolute Gasteiger partial charge is 0.480 e. The molecule has 0 amide bonds. The van der Waals surface area contributed by atoms with Gasteiger partial charge in [0, 0.05) is 12.1 Å². The van der Waals surface area contributed by atoms with E-state index in [0.717, 1.165) is 35.7 Å². The lowest BCUT2D eigenvalue weighted by atomic mass is 10.1. The molecule has 1 aromatic carbocycles. The van der Waals surface area contributed by atoms with Crippen LogP contribution in [0.3, 0.4) is 0 Å². The Morgan fingerprint density at radius 1 is 1.11 bits per heavy atom. The van der Waals surface area contributed by atoms with Gasteiger partial charge in [-0.05, 0) is 12.1 Å². The fourth-order valence-electron chi connectivity index (χ4n) is 2.12. The summed E-state index contributed by atoms with van der Waals surface area (Å²) >= 11 is 0. The van der Waals surface area contributed by atoms with Gasteiger partial charge in [0.05, 0.1) is 24.9 Å². The summed E-state index contributed by atoms with van der Waals surface area (Å²) < 4.78 is 5.39. The molecule has 0 spiro atoms. The second kappa shape index (κ2) is 5.10. The molecule has 0 aliphatic carbocycles. The third kappa shape index (κ3) is 2.29. The molecular weight excluding hydrogens is 238 g/mol. The SMILES string of the molecule is COc1nc(-c2ccccc2)ccc1C1=NCCN1. The monoisotopic (exact) mass is 253 g/mol. The molecule has 0 saturated heterocycles. The Morgan fingerprint density at radius 2 is 1.95 bits per heavy atom. The quantitative estimate of drug-likeness (QED) is 0.911. The molecule has 1 aliphatic rings. The van der Waals surface area contributed by atoms with Gasteiger partial charge in [-0.2, -0.15) is 0 Å². The van der Waals surface area contributed by atoms with Gasteiger partial charge in [0.2, 0.25) is 5.88 Å². The lowest BCUT2D eigenvalue weighted by Gasteiger charge is -2.10. The molecular formula is C15H15N3O. The van der Waals surface area contributed by atoms with Crippen molar-refractivity contribution in [3.63, 3.8) is 0 Å². The summed E-state index contributed by atoms with van der Waals surface area (Å²) in [7, 11) is 1.64. The van der Waals surface area contributed by atoms with E-state index in [0.29, 0.717) is 5.88 Å². The molecule has 0 atom stereocenters. The van der Waals surface area contributed by atoms with E-state index >= 15 is 0 Å². The molecule has 3 rings (SSSR count). The van der Waals surface area contributed by atoms with Crippen LogP contribution in [0.25, 0.3) is 11.3 Å². The topological polar surface area (TPSA) is 46.5 Å². The fourth-order valence-corrected chi connectivity index (χ4v) is 2.12. The maximum atomic E-state index is 5.39. The van der Waals surface area contributed by atoms with Gasteiger partial charge in [-0.3, -0.25) is 4.99 Å². The number of aliphatic imine (C=N–C) groups is 1. The van der Waals surface area contributed by atoms with E-state index in [2.05, 4.69) is 15.3 Å². The first-order valence-electron chi connectivity index (χ1n) is 6.27. The van der Waals surface area contributed by atoms with Crippen LogP contribution in [0.5, 0.6) is 5.88 Å². The Bertz CT molecular complexity index is 608. The molecule has 0 unspecified atom stereocenters. The van der Waals surface area contributed by atoms with Gasteiger partial charge in [-0.15, -0.1) is 0 Å². The summed E-state index contributed by atoms with van der Waals surface area (Å²) in [4.78, 5) is 8.97. The minimum Gasteiger partial charge on any atom is -0.480 e. The van der Waals surface area contributed by atoms with Crippen molar-refractivity contribution >= 4 is 5.84 Å². The second-order valence-electron chi connectivity index (χ2n) is 4.28. The highest BCUT2D eigenvalue weighted by Gasteiger charge is 2.15. The van der Waals surface area contributed by atoms with Crippen LogP contribution in [0.1, 0.15) is 5.56 Å². The van der Waals surface area contributed by atoms with Crippen LogP contribution >= 0.6 is 0 Å². The highest BCUT2D eigenvalue weighted by molar-refractivity contribution is 6.01. The molecule has 4 heteroatoms. The average Bonchev–Trinajstić information content (AvgIpc) is 3.01. The molecule has 0 bridgehead atoms. The number of nitrogens with zero attached hydrogens (tertiary/aromatic N) is 2. The highest BCUT2D eigenvalue weighted by atomic mass is 16.5. The summed E-state index contributed by atoms with van der Waals surface area (Å²) in [5.74, 6) is 1.47. The summed E-state index contributed by atoms with van der Waals surface area (Å²) in [6.45, 7) is 1.68. The molecule has 96 valence electrons. The van der Waals surface area contributed by atoms with Crippen molar-refractivity contribution in [1.82, 2.24) is 10.3 Å². The number of amidine groups is 1. The first kappa shape index (κ1) is 11.7. The van der Waals surface area contributed by atoms with Gasteiger partial charge < -0.3 is 10.1 Å². The minimum atomic E-state index is 0.606. The van der Waals surface area contributed by atoms with Gasteiger partial charge in [-0.1, -0.05) is 30.3 Å². The Labute approximate surface area is 112 Å². The van der Waals surface area contributed by atoms with E-state index in [9.17, 15) is 0 Å². The molecule has 4 nitrogen and oxygen atoms in total. The van der Waals surface area contributed by atoms with Crippen LogP contribution in [0.4, 0.5) is 0 Å². The molecule has 1 N–H and O–H groups in total. The lowest BCUT2D eigenvalue weighted by molar-refractivity contribution is 0.397. The van der Waals surface area contributed by atoms with Crippen molar-refractivity contribution in [3.8, 4) is 17.1 Å². The maximum Gasteiger partial charge on any atom is 0.224 e. The van der Waals surface area contributed by atoms with Gasteiger partial charge >= 0.3 is 0 Å². The van der Waals surface area contributed by atoms with Crippen molar-refractivity contribution in [2.45, 2.75) is 0 Å². The Hall–Kier alpha value is -2.36. The summed E-state index contributed by atoms with van der Waals surface area (Å²) in [6.07, 6.45) is 0. The van der Waals surface area contributed by atoms with Gasteiger partial charge in [0.15, 0.2) is 0 Å². The number of aromatic nitrogens is 1. The van der Waals surface area contributed by atoms with Crippen LogP contribution in [-0.4, -0.2) is 31.0 Å². The van der Waals surface area contributed by atoms with Crippen LogP contribution < -0.4 is 10.1 Å². The highest BCUT2D eigenvalue weighted by Crippen LogP contribution is 2.23. The zero-order chi connectivity index (χ0) is 13.1. The summed E-state index contributed by atoms with van der Waals surface area (Å²) in [5, 5.41) is 3.24. The standard InChI is InChI=1S/C15H15N3O/c1-19-15-12(14-16-9-10-17-14)7-8-13(18-15)11-5-3-2-4-6-11/h2-8H,9-10H2,1H3,(H,16,17). The first-order chi connectivity index (χ1) is 9.38. The average molecular weight is 253 g/mol. The number of benzene rings is 1. The third-order valence-electron chi connectivity index (χ3n) is 3.05. The van der Waals surface area contributed by atoms with E-state index in [4.69, 9.17) is 4.74 Å². The van der Waals surface area contributed by atoms with Crippen molar-refractivity contribution in [2.75, 3.05) is 20.2 Å². The van der Waals surface area contributed by atoms with Gasteiger partial charge in [0.1, 0.15) is 5.84 Å². The Morgan fingerprint density at radius 3 is 2.63 bits per heavy atom. The second-order valence-corrected chi connectivity index (χ2v) is 4.28. The van der Waals surface area contributed by atoms with E-state index in [1.54, 1.807) is 7.11 Å². The van der Waals surface area contributed by atoms with Crippen LogP contribution in [0.2, 0.25) is 0 Å². The number of hydrogen-bond donors (Lipinski definition) is 1. The number of nitrogens with one attached hydrogen (secondary N) is 1. The Kier molecular flexibility index (Phi) is 3.14. The number of methoxy groups -OCH3 is 1. The molecule has 19 heavy (non-hydrogen) atoms. The molecule has 0 radical (unpaired) electrons. The van der Waals surface area contributed by atoms with Crippen molar-refractivity contribution in [2.24, 2.45) is 4.99 Å². The zero-order valence-electron chi connectivity index (χ0n) is 10.8. The predicted molar refractivity (Wildman–Crippen MR) is 75.6 cm³/mol. The smallest absolute Gasteiger partial charge is 0.224 e. The summed E-state index contributed by atoms with van der Waals surface area (Å²) in [6, 6.07) is 14.1. The van der Waals surface area contributed by atoms with Gasteiger partial charge in [-0.25, -0.2) is 4.98 Å². The number of pyridine rings is 1. The van der Waals surface area contributed by atoms with E-state index < -0.39 is 0 Å². The number of ether oxygens (including phenoxy) is 1. The summed E-state index contributed by atoms with van der Waals surface area (Å²) in [5.41, 5.74) is 2.90. The molecule has 0 fully saturated rings. The zero-order valence-corrected chi connectivity index (χ0v) is 10.8. The number of hydrogen-bond acceptors (Lipinski definition) is 4. The van der Waals surface area contributed by atoms with Crippen LogP contribution in [-0.2, 0) is 0 Å². The molecule has 1 aliphatic heterocycles. The van der Waals surface area contributed by atoms with E-state index in [-0.39, 0.29) is 0 Å². The van der Waals surface area contributed by atoms with Crippen molar-refractivity contribution < 1.29 is 4.74 Å². The minimum absolute atomic E-state index is 0.606. The van der Waals surface area contributed by atoms with E-state index in [1.807, 2.05) is 42.5 Å². The maximum absolute atomic E-state index is 5.39. The van der Waals surface area contributed by atoms with E-state index in [1.165, 1.54) is 0 Å². The molecule has 0 saturated carbocycles. The molecule has 2 aromatic rings. The first-order valence-corrected chi connectivity index (χ1v) is 6.27. The normalized spacial score (nSPS) is 13.8. The van der Waals surface area contributed by atoms with Crippen molar-refractivity contribution in [1.29, 1.82) is 0 Å². The van der Waals surface area contributed by atoms with Gasteiger partial charge in [0.25, 0.3) is 0 Å². The van der Waals surface area contributed by atoms with Crippen LogP contribution in [0, 0.1) is 0 Å². The van der Waals surface area contributed by atoms with Crippen LogP contribution in [0.15, 0.2) is 47.5 Å². The molecule has 2 heterocycles. The third-order valence-corrected chi connectivity index (χ3v) is 3.05.